The number of piperidine rings is 1. The number of esters is 1. The van der Waals surface area contributed by atoms with Gasteiger partial charge in [0.2, 0.25) is 0 Å². The molecule has 3 rings (SSSR count). The normalized spacial score (nSPS) is 17.5. The Hall–Kier alpha value is -2.24. The van der Waals surface area contributed by atoms with Crippen LogP contribution in [0.25, 0.3) is 0 Å². The maximum atomic E-state index is 12.1. The van der Waals surface area contributed by atoms with Crippen LogP contribution in [0.4, 0.5) is 0 Å². The van der Waals surface area contributed by atoms with E-state index in [2.05, 4.69) is 6.92 Å². The van der Waals surface area contributed by atoms with E-state index in [9.17, 15) is 9.59 Å². The van der Waals surface area contributed by atoms with E-state index < -0.39 is 5.97 Å². The average molecular weight is 333 g/mol. The Morgan fingerprint density at radius 3 is 2.62 bits per heavy atom. The van der Waals surface area contributed by atoms with Gasteiger partial charge in [-0.2, -0.15) is 0 Å². The molecule has 1 aromatic rings. The first kappa shape index (κ1) is 16.6. The molecule has 2 aliphatic rings. The summed E-state index contributed by atoms with van der Waals surface area (Å²) < 4.78 is 16.1. The van der Waals surface area contributed by atoms with Crippen molar-refractivity contribution in [2.75, 3.05) is 32.9 Å². The van der Waals surface area contributed by atoms with Crippen molar-refractivity contribution in [1.82, 2.24) is 4.90 Å². The quantitative estimate of drug-likeness (QED) is 0.786. The van der Waals surface area contributed by atoms with E-state index in [0.29, 0.717) is 30.6 Å². The number of ether oxygens (including phenoxy) is 3. The molecule has 0 aromatic heterocycles. The van der Waals surface area contributed by atoms with Crippen molar-refractivity contribution in [2.24, 2.45) is 5.92 Å². The molecule has 1 saturated heterocycles. The van der Waals surface area contributed by atoms with E-state index in [4.69, 9.17) is 14.2 Å². The Labute approximate surface area is 141 Å². The summed E-state index contributed by atoms with van der Waals surface area (Å²) in [6.45, 7) is 4.54. The maximum absolute atomic E-state index is 12.1. The molecule has 1 aromatic carbocycles. The second-order valence-corrected chi connectivity index (χ2v) is 6.38. The van der Waals surface area contributed by atoms with Gasteiger partial charge in [-0.1, -0.05) is 13.0 Å². The second-order valence-electron chi connectivity index (χ2n) is 6.38. The second kappa shape index (κ2) is 7.55. The number of likely N-dealkylation sites (tertiary alicyclic amines) is 1. The van der Waals surface area contributed by atoms with Crippen molar-refractivity contribution in [1.29, 1.82) is 0 Å². The van der Waals surface area contributed by atoms with Gasteiger partial charge in [-0.15, -0.1) is 0 Å². The number of hydrogen-bond acceptors (Lipinski definition) is 5. The summed E-state index contributed by atoms with van der Waals surface area (Å²) in [5, 5.41) is 0. The van der Waals surface area contributed by atoms with E-state index in [0.717, 1.165) is 31.5 Å². The smallest absolute Gasteiger partial charge is 0.310 e. The molecule has 1 amide bonds. The number of benzene rings is 1. The van der Waals surface area contributed by atoms with Gasteiger partial charge in [-0.25, -0.2) is 0 Å². The molecule has 0 unspecified atom stereocenters. The largest absolute Gasteiger partial charge is 0.486 e. The molecule has 0 spiro atoms. The van der Waals surface area contributed by atoms with Crippen molar-refractivity contribution in [3.63, 3.8) is 0 Å². The molecule has 0 N–H and O–H groups in total. The van der Waals surface area contributed by atoms with Crippen molar-refractivity contribution < 1.29 is 23.8 Å². The topological polar surface area (TPSA) is 65.1 Å². The minimum Gasteiger partial charge on any atom is -0.486 e. The maximum Gasteiger partial charge on any atom is 0.310 e. The summed E-state index contributed by atoms with van der Waals surface area (Å²) >= 11 is 0. The Morgan fingerprint density at radius 1 is 1.17 bits per heavy atom. The molecule has 0 saturated carbocycles. The van der Waals surface area contributed by atoms with Gasteiger partial charge in [0.1, 0.15) is 13.2 Å². The lowest BCUT2D eigenvalue weighted by Crippen LogP contribution is -2.40. The van der Waals surface area contributed by atoms with Gasteiger partial charge in [0.05, 0.1) is 6.42 Å². The van der Waals surface area contributed by atoms with Crippen LogP contribution < -0.4 is 9.47 Å². The number of hydrogen-bond donors (Lipinski definition) is 0. The Morgan fingerprint density at radius 2 is 1.88 bits per heavy atom. The minimum absolute atomic E-state index is 0.112. The fourth-order valence-corrected chi connectivity index (χ4v) is 2.91. The van der Waals surface area contributed by atoms with Gasteiger partial charge < -0.3 is 19.1 Å². The van der Waals surface area contributed by atoms with Crippen LogP contribution in [-0.4, -0.2) is 49.7 Å². The van der Waals surface area contributed by atoms with Crippen molar-refractivity contribution in [3.8, 4) is 11.5 Å². The molecule has 1 fully saturated rings. The van der Waals surface area contributed by atoms with Crippen LogP contribution in [0.2, 0.25) is 0 Å². The predicted molar refractivity (Wildman–Crippen MR) is 87.1 cm³/mol. The zero-order valence-electron chi connectivity index (χ0n) is 14.0. The third-order valence-electron chi connectivity index (χ3n) is 4.45. The molecule has 0 aliphatic carbocycles. The lowest BCUT2D eigenvalue weighted by Gasteiger charge is -2.30. The highest BCUT2D eigenvalue weighted by atomic mass is 16.6. The molecule has 130 valence electrons. The monoisotopic (exact) mass is 333 g/mol. The number of rotatable bonds is 4. The van der Waals surface area contributed by atoms with Crippen LogP contribution in [0.1, 0.15) is 25.3 Å². The average Bonchev–Trinajstić information content (AvgIpc) is 2.60. The molecular formula is C18H23NO5. The molecule has 6 heteroatoms. The van der Waals surface area contributed by atoms with Crippen LogP contribution in [0, 0.1) is 5.92 Å². The standard InChI is InChI=1S/C18H23NO5/c1-13-4-6-19(7-5-13)17(20)12-24-18(21)11-14-2-3-15-16(10-14)23-9-8-22-15/h2-3,10,13H,4-9,11-12H2,1H3. The highest BCUT2D eigenvalue weighted by Crippen LogP contribution is 2.30. The minimum atomic E-state index is -0.412. The zero-order valence-corrected chi connectivity index (χ0v) is 14.0. The third-order valence-corrected chi connectivity index (χ3v) is 4.45. The van der Waals surface area contributed by atoms with Crippen LogP contribution in [0.3, 0.4) is 0 Å². The number of amides is 1. The fourth-order valence-electron chi connectivity index (χ4n) is 2.91. The van der Waals surface area contributed by atoms with Gasteiger partial charge in [0, 0.05) is 13.1 Å². The van der Waals surface area contributed by atoms with E-state index >= 15 is 0 Å². The fraction of sp³-hybridized carbons (Fsp3) is 0.556. The first-order valence-corrected chi connectivity index (χ1v) is 8.44. The van der Waals surface area contributed by atoms with Gasteiger partial charge in [0.25, 0.3) is 5.91 Å². The van der Waals surface area contributed by atoms with Crippen LogP contribution >= 0.6 is 0 Å². The SMILES string of the molecule is CC1CCN(C(=O)COC(=O)Cc2ccc3c(c2)OCCO3)CC1. The summed E-state index contributed by atoms with van der Waals surface area (Å²) in [7, 11) is 0. The number of carbonyl (C=O) groups is 2. The van der Waals surface area contributed by atoms with Gasteiger partial charge in [-0.3, -0.25) is 9.59 Å². The van der Waals surface area contributed by atoms with Crippen molar-refractivity contribution in [2.45, 2.75) is 26.2 Å². The van der Waals surface area contributed by atoms with E-state index in [1.807, 2.05) is 6.07 Å². The van der Waals surface area contributed by atoms with E-state index in [-0.39, 0.29) is 18.9 Å². The number of nitrogens with zero attached hydrogens (tertiary/aromatic N) is 1. The summed E-state index contributed by atoms with van der Waals surface area (Å²) in [5.41, 5.74) is 0.781. The zero-order chi connectivity index (χ0) is 16.9. The van der Waals surface area contributed by atoms with Gasteiger partial charge in [0.15, 0.2) is 18.1 Å². The van der Waals surface area contributed by atoms with E-state index in [1.54, 1.807) is 17.0 Å². The number of carbonyl (C=O) groups excluding carboxylic acids is 2. The summed E-state index contributed by atoms with van der Waals surface area (Å²) in [4.78, 5) is 25.8. The molecule has 0 atom stereocenters. The van der Waals surface area contributed by atoms with Crippen LogP contribution in [-0.2, 0) is 20.7 Å². The van der Waals surface area contributed by atoms with Crippen LogP contribution in [0.5, 0.6) is 11.5 Å². The molecule has 2 aliphatic heterocycles. The summed E-state index contributed by atoms with van der Waals surface area (Å²) in [5.74, 6) is 1.47. The Balaban J connectivity index is 1.46. The third kappa shape index (κ3) is 4.19. The van der Waals surface area contributed by atoms with Crippen LogP contribution in [0.15, 0.2) is 18.2 Å². The molecule has 2 heterocycles. The first-order valence-electron chi connectivity index (χ1n) is 8.44. The summed E-state index contributed by atoms with van der Waals surface area (Å²) in [6, 6.07) is 5.38. The predicted octanol–water partition coefficient (Wildman–Crippen LogP) is 1.80. The first-order chi connectivity index (χ1) is 11.6. The molecule has 0 bridgehead atoms. The highest BCUT2D eigenvalue weighted by molar-refractivity contribution is 5.81. The van der Waals surface area contributed by atoms with E-state index in [1.165, 1.54) is 0 Å². The van der Waals surface area contributed by atoms with Gasteiger partial charge in [-0.05, 0) is 36.5 Å². The van der Waals surface area contributed by atoms with Gasteiger partial charge >= 0.3 is 5.97 Å². The summed E-state index contributed by atoms with van der Waals surface area (Å²) in [6.07, 6.45) is 2.13. The lowest BCUT2D eigenvalue weighted by atomic mass is 9.99. The number of fused-ring (bicyclic) bond motifs is 1. The lowest BCUT2D eigenvalue weighted by molar-refractivity contribution is -0.152. The highest BCUT2D eigenvalue weighted by Gasteiger charge is 2.21. The van der Waals surface area contributed by atoms with Crippen molar-refractivity contribution >= 4 is 11.9 Å². The molecular weight excluding hydrogens is 310 g/mol. The van der Waals surface area contributed by atoms with Crippen molar-refractivity contribution in [3.05, 3.63) is 23.8 Å². The molecule has 24 heavy (non-hydrogen) atoms. The Bertz CT molecular complexity index is 607. The molecule has 0 radical (unpaired) electrons. The molecule has 6 nitrogen and oxygen atoms in total. The Kier molecular flexibility index (Phi) is 5.23.